The summed E-state index contributed by atoms with van der Waals surface area (Å²) in [6, 6.07) is 33.8. The predicted molar refractivity (Wildman–Crippen MR) is 246 cm³/mol. The number of aryl methyl sites for hydroxylation is 12. The van der Waals surface area contributed by atoms with Gasteiger partial charge in [0.1, 0.15) is 0 Å². The number of hydrogen-bond acceptors (Lipinski definition) is 1. The van der Waals surface area contributed by atoms with Gasteiger partial charge in [-0.05, 0) is 95.2 Å². The van der Waals surface area contributed by atoms with Crippen molar-refractivity contribution in [1.29, 1.82) is 0 Å². The monoisotopic (exact) mass is 768 g/mol. The van der Waals surface area contributed by atoms with E-state index >= 15 is 8.63 Å². The molecule has 0 fully saturated rings. The number of rotatable bonds is 8. The van der Waals surface area contributed by atoms with Crippen molar-refractivity contribution in [2.75, 3.05) is 0 Å². The summed E-state index contributed by atoms with van der Waals surface area (Å²) < 4.78 is 41.4. The van der Waals surface area contributed by atoms with Crippen LogP contribution in [0.4, 0.5) is 8.63 Å². The van der Waals surface area contributed by atoms with E-state index < -0.39 is 7.11 Å². The SMILES string of the molecule is Cc1cc(C)c(B(c2ccc(C3=CC(c4ccc(B(c5c(C)cc(C)cc5C)c5c(C)cc(C)cc5C)cc4)=[O+][B-](F)(F)O3)cc2)c2c(C)cc(C)cc2C)c(C)c1. The number of ketones is 1. The first-order valence-corrected chi connectivity index (χ1v) is 20.4. The number of carbonyl (C=O) groups excluding carboxylic acids is 1. The maximum atomic E-state index is 15.4. The Morgan fingerprint density at radius 2 is 0.690 bits per heavy atom. The van der Waals surface area contributed by atoms with E-state index in [4.69, 9.17) is 9.00 Å². The average molecular weight is 768 g/mol. The predicted octanol–water partition coefficient (Wildman–Crippen LogP) is 8.58. The first-order valence-electron chi connectivity index (χ1n) is 20.4. The van der Waals surface area contributed by atoms with Crippen LogP contribution in [0.3, 0.4) is 0 Å². The second-order valence-electron chi connectivity index (χ2n) is 17.0. The lowest BCUT2D eigenvalue weighted by molar-refractivity contribution is -0.183. The van der Waals surface area contributed by atoms with E-state index in [0.717, 1.165) is 10.9 Å². The van der Waals surface area contributed by atoms with Gasteiger partial charge in [0.05, 0.1) is 17.4 Å². The summed E-state index contributed by atoms with van der Waals surface area (Å²) >= 11 is 0. The van der Waals surface area contributed by atoms with E-state index in [9.17, 15) is 0 Å². The maximum Gasteiger partial charge on any atom is 0.995 e. The van der Waals surface area contributed by atoms with Crippen molar-refractivity contribution in [3.8, 4) is 0 Å². The Bertz CT molecular complexity index is 2430. The molecule has 1 aliphatic rings. The molecule has 0 saturated carbocycles. The molecule has 0 spiro atoms. The van der Waals surface area contributed by atoms with E-state index in [2.05, 4.69) is 156 Å². The van der Waals surface area contributed by atoms with Crippen LogP contribution in [-0.4, -0.2) is 26.3 Å². The number of hydrogen-bond donors (Lipinski definition) is 0. The third kappa shape index (κ3) is 8.01. The molecular formula is C51H53B3F2O2. The summed E-state index contributed by atoms with van der Waals surface area (Å²) in [6.45, 7) is 25.9. The molecule has 0 amide bonds. The van der Waals surface area contributed by atoms with Gasteiger partial charge in [0.2, 0.25) is 13.4 Å². The van der Waals surface area contributed by atoms with E-state index in [1.54, 1.807) is 6.08 Å². The Balaban J connectivity index is 1.27. The molecule has 6 aromatic rings. The van der Waals surface area contributed by atoms with Gasteiger partial charge in [-0.1, -0.05) is 184 Å². The smallest absolute Gasteiger partial charge is 0.569 e. The van der Waals surface area contributed by atoms with Crippen LogP contribution >= 0.6 is 0 Å². The largest absolute Gasteiger partial charge is 0.995 e. The maximum absolute atomic E-state index is 15.4. The van der Waals surface area contributed by atoms with Crippen molar-refractivity contribution in [1.82, 2.24) is 0 Å². The second-order valence-corrected chi connectivity index (χ2v) is 17.0. The van der Waals surface area contributed by atoms with Gasteiger partial charge in [-0.2, -0.15) is 0 Å². The van der Waals surface area contributed by atoms with E-state index in [1.165, 1.54) is 88.6 Å². The van der Waals surface area contributed by atoms with Crippen LogP contribution in [0.1, 0.15) is 82.2 Å². The molecule has 0 N–H and O–H groups in total. The highest BCUT2D eigenvalue weighted by Crippen LogP contribution is 2.29. The van der Waals surface area contributed by atoms with Crippen LogP contribution in [0.5, 0.6) is 0 Å². The summed E-state index contributed by atoms with van der Waals surface area (Å²) in [7, 11) is -4.61. The van der Waals surface area contributed by atoms with Crippen LogP contribution in [0.2, 0.25) is 0 Å². The molecule has 58 heavy (non-hydrogen) atoms. The summed E-state index contributed by atoms with van der Waals surface area (Å²) in [4.78, 5) is 0. The summed E-state index contributed by atoms with van der Waals surface area (Å²) in [5.41, 5.74) is 23.1. The fraction of sp³-hybridized carbons (Fsp3) is 0.235. The highest BCUT2D eigenvalue weighted by Gasteiger charge is 2.53. The molecule has 7 heteroatoms. The van der Waals surface area contributed by atoms with Crippen molar-refractivity contribution in [2.24, 2.45) is 0 Å². The topological polar surface area (TPSA) is 20.5 Å². The van der Waals surface area contributed by atoms with Crippen LogP contribution in [-0.2, 0) is 4.65 Å². The molecule has 1 heterocycles. The average Bonchev–Trinajstić information content (AvgIpc) is 3.11. The minimum Gasteiger partial charge on any atom is -0.569 e. The van der Waals surface area contributed by atoms with E-state index in [1.807, 2.05) is 24.3 Å². The summed E-state index contributed by atoms with van der Waals surface area (Å²) in [5.74, 6) is 0.164. The second kappa shape index (κ2) is 15.7. The van der Waals surface area contributed by atoms with Gasteiger partial charge in [0.25, 0.3) is 5.78 Å². The van der Waals surface area contributed by atoms with Crippen molar-refractivity contribution in [2.45, 2.75) is 83.1 Å². The van der Waals surface area contributed by atoms with Crippen LogP contribution < -0.4 is 32.8 Å². The molecule has 0 aromatic heterocycles. The zero-order valence-electron chi connectivity index (χ0n) is 36.1. The van der Waals surface area contributed by atoms with Gasteiger partial charge in [0, 0.05) is 5.56 Å². The van der Waals surface area contributed by atoms with Crippen molar-refractivity contribution < 1.29 is 17.6 Å². The first kappa shape index (κ1) is 40.8. The number of halogens is 2. The van der Waals surface area contributed by atoms with Gasteiger partial charge in [-0.3, -0.25) is 0 Å². The van der Waals surface area contributed by atoms with Crippen molar-refractivity contribution in [3.05, 3.63) is 181 Å². The van der Waals surface area contributed by atoms with Gasteiger partial charge < -0.3 is 17.6 Å². The van der Waals surface area contributed by atoms with Crippen LogP contribution in [0, 0.1) is 83.1 Å². The lowest BCUT2D eigenvalue weighted by Crippen LogP contribution is -2.55. The quantitative estimate of drug-likeness (QED) is 0.112. The number of allylic oxidation sites excluding steroid dienone is 1. The summed E-state index contributed by atoms with van der Waals surface area (Å²) in [6.07, 6.45) is 1.60. The minimum absolute atomic E-state index is 0.0325. The Hall–Kier alpha value is -5.42. The molecule has 0 radical (unpaired) electrons. The molecule has 1 aliphatic heterocycles. The van der Waals surface area contributed by atoms with Gasteiger partial charge in [-0.15, -0.1) is 0 Å². The molecular weight excluding hydrogens is 715 g/mol. The third-order valence-electron chi connectivity index (χ3n) is 12.0. The minimum atomic E-state index is -4.61. The van der Waals surface area contributed by atoms with E-state index in [0.29, 0.717) is 11.1 Å². The molecule has 7 rings (SSSR count). The Morgan fingerprint density at radius 3 is 0.983 bits per heavy atom. The zero-order chi connectivity index (χ0) is 41.8. The van der Waals surface area contributed by atoms with Gasteiger partial charge >= 0.3 is 7.11 Å². The van der Waals surface area contributed by atoms with Gasteiger partial charge in [0.15, 0.2) is 0 Å². The molecule has 0 saturated heterocycles. The Kier molecular flexibility index (Phi) is 11.1. The lowest BCUT2D eigenvalue weighted by Gasteiger charge is -2.25. The molecule has 0 bridgehead atoms. The third-order valence-corrected chi connectivity index (χ3v) is 12.0. The molecule has 6 aromatic carbocycles. The number of benzene rings is 6. The fourth-order valence-corrected chi connectivity index (χ4v) is 10.0. The highest BCUT2D eigenvalue weighted by atomic mass is 19.3. The Labute approximate surface area is 345 Å². The fourth-order valence-electron chi connectivity index (χ4n) is 10.0. The van der Waals surface area contributed by atoms with Gasteiger partial charge in [-0.25, -0.2) is 0 Å². The molecule has 0 aliphatic carbocycles. The Morgan fingerprint density at radius 1 is 0.414 bits per heavy atom. The summed E-state index contributed by atoms with van der Waals surface area (Å²) in [5, 5.41) is 0. The molecule has 0 unspecified atom stereocenters. The van der Waals surface area contributed by atoms with Crippen LogP contribution in [0.15, 0.2) is 103 Å². The lowest BCUT2D eigenvalue weighted by atomic mass is 9.34. The molecule has 0 atom stereocenters. The normalized spacial score (nSPS) is 13.5. The zero-order valence-corrected chi connectivity index (χ0v) is 36.1. The standard InChI is InChI=1S/C51H53B3F2O2/c1-30-21-34(5)48(35(6)22-30)52(49-36(7)23-31(2)24-37(49)8)44-17-13-42(14-18-44)46-29-47(58-54(55,56)57-46)43-15-19-45(20-16-43)53(50-38(9)25-32(3)26-39(50)10)51-40(11)27-33(4)28-41(51)12/h13-29H,1-12H3. The van der Waals surface area contributed by atoms with Crippen molar-refractivity contribution >= 4 is 64.9 Å². The van der Waals surface area contributed by atoms with E-state index in [-0.39, 0.29) is 25.0 Å². The molecule has 292 valence electrons. The van der Waals surface area contributed by atoms with Crippen LogP contribution in [0.25, 0.3) is 5.76 Å². The highest BCUT2D eigenvalue weighted by molar-refractivity contribution is 6.97. The first-order chi connectivity index (χ1) is 27.4. The van der Waals surface area contributed by atoms with Crippen molar-refractivity contribution in [3.63, 3.8) is 0 Å². The molecule has 2 nitrogen and oxygen atoms in total.